The Morgan fingerprint density at radius 3 is 2.70 bits per heavy atom. The third-order valence-corrected chi connectivity index (χ3v) is 3.51. The lowest BCUT2D eigenvalue weighted by atomic mass is 10.00. The van der Waals surface area contributed by atoms with Crippen molar-refractivity contribution in [2.24, 2.45) is 0 Å². The van der Waals surface area contributed by atoms with E-state index < -0.39 is 0 Å². The molecule has 0 radical (unpaired) electrons. The van der Waals surface area contributed by atoms with Crippen LogP contribution < -0.4 is 5.32 Å². The van der Waals surface area contributed by atoms with Crippen LogP contribution in [0.3, 0.4) is 0 Å². The van der Waals surface area contributed by atoms with Crippen LogP contribution in [0.2, 0.25) is 0 Å². The van der Waals surface area contributed by atoms with Crippen molar-refractivity contribution in [2.45, 2.75) is 19.5 Å². The molecule has 0 spiro atoms. The Hall–Kier alpha value is -2.26. The fraction of sp³-hybridized carbons (Fsp3) is 0.176. The fourth-order valence-corrected chi connectivity index (χ4v) is 2.42. The number of hydrogen-bond donors (Lipinski definition) is 1. The van der Waals surface area contributed by atoms with Gasteiger partial charge in [-0.3, -0.25) is 0 Å². The van der Waals surface area contributed by atoms with Crippen molar-refractivity contribution in [3.05, 3.63) is 72.1 Å². The van der Waals surface area contributed by atoms with Crippen molar-refractivity contribution in [3.63, 3.8) is 0 Å². The van der Waals surface area contributed by atoms with Gasteiger partial charge in [0.15, 0.2) is 0 Å². The van der Waals surface area contributed by atoms with E-state index in [4.69, 9.17) is 0 Å². The first-order chi connectivity index (χ1) is 9.84. The van der Waals surface area contributed by atoms with Gasteiger partial charge in [0.2, 0.25) is 0 Å². The quantitative estimate of drug-likeness (QED) is 0.783. The van der Waals surface area contributed by atoms with Gasteiger partial charge in [-0.15, -0.1) is 0 Å². The Labute approximate surface area is 118 Å². The molecule has 0 aliphatic heterocycles. The minimum absolute atomic E-state index is 0.267. The maximum atomic E-state index is 4.09. The van der Waals surface area contributed by atoms with Gasteiger partial charge in [-0.25, -0.2) is 0 Å². The predicted octanol–water partition coefficient (Wildman–Crippen LogP) is 3.48. The molecular weight excluding hydrogens is 246 g/mol. The summed E-state index contributed by atoms with van der Waals surface area (Å²) in [4.78, 5) is 0. The second-order valence-electron chi connectivity index (χ2n) is 4.89. The minimum Gasteiger partial charge on any atom is -0.304 e. The minimum atomic E-state index is 0.267. The molecule has 2 aromatic carbocycles. The Morgan fingerprint density at radius 2 is 1.85 bits per heavy atom. The van der Waals surface area contributed by atoms with Gasteiger partial charge >= 0.3 is 0 Å². The van der Waals surface area contributed by atoms with Crippen LogP contribution in [-0.4, -0.2) is 10.2 Å². The summed E-state index contributed by atoms with van der Waals surface area (Å²) in [5.74, 6) is 0. The van der Waals surface area contributed by atoms with Crippen LogP contribution in [0.1, 0.15) is 24.2 Å². The van der Waals surface area contributed by atoms with E-state index in [1.165, 1.54) is 16.3 Å². The molecule has 0 bridgehead atoms. The molecule has 1 aromatic heterocycles. The highest BCUT2D eigenvalue weighted by molar-refractivity contribution is 5.86. The SMILES string of the molecule is CC(NCc1cccnn1)c1cccc2ccccc12. The van der Waals surface area contributed by atoms with Crippen LogP contribution in [-0.2, 0) is 6.54 Å². The van der Waals surface area contributed by atoms with Crippen LogP contribution in [0.25, 0.3) is 10.8 Å². The molecule has 0 aliphatic carbocycles. The molecule has 0 saturated heterocycles. The lowest BCUT2D eigenvalue weighted by Gasteiger charge is -2.16. The average molecular weight is 263 g/mol. The molecule has 0 saturated carbocycles. The summed E-state index contributed by atoms with van der Waals surface area (Å²) >= 11 is 0. The molecule has 3 aromatic rings. The summed E-state index contributed by atoms with van der Waals surface area (Å²) in [5.41, 5.74) is 2.27. The van der Waals surface area contributed by atoms with Crippen molar-refractivity contribution < 1.29 is 0 Å². The van der Waals surface area contributed by atoms with Gasteiger partial charge in [0.05, 0.1) is 5.69 Å². The summed E-state index contributed by atoms with van der Waals surface area (Å²) in [6.07, 6.45) is 1.69. The number of hydrogen-bond acceptors (Lipinski definition) is 3. The van der Waals surface area contributed by atoms with Gasteiger partial charge in [-0.05, 0) is 35.4 Å². The molecule has 100 valence electrons. The highest BCUT2D eigenvalue weighted by Crippen LogP contribution is 2.24. The zero-order valence-electron chi connectivity index (χ0n) is 11.5. The summed E-state index contributed by atoms with van der Waals surface area (Å²) in [6, 6.07) is 19.1. The van der Waals surface area contributed by atoms with Crippen LogP contribution in [0.4, 0.5) is 0 Å². The lowest BCUT2D eigenvalue weighted by molar-refractivity contribution is 0.567. The van der Waals surface area contributed by atoms with Crippen LogP contribution in [0.5, 0.6) is 0 Å². The third-order valence-electron chi connectivity index (χ3n) is 3.51. The third kappa shape index (κ3) is 2.68. The summed E-state index contributed by atoms with van der Waals surface area (Å²) < 4.78 is 0. The van der Waals surface area contributed by atoms with E-state index in [9.17, 15) is 0 Å². The predicted molar refractivity (Wildman–Crippen MR) is 81.2 cm³/mol. The molecular formula is C17H17N3. The average Bonchev–Trinajstić information content (AvgIpc) is 2.53. The van der Waals surface area contributed by atoms with Crippen molar-refractivity contribution >= 4 is 10.8 Å². The molecule has 20 heavy (non-hydrogen) atoms. The monoisotopic (exact) mass is 263 g/mol. The largest absolute Gasteiger partial charge is 0.304 e. The van der Waals surface area contributed by atoms with E-state index in [1.54, 1.807) is 6.20 Å². The fourth-order valence-electron chi connectivity index (χ4n) is 2.42. The van der Waals surface area contributed by atoms with E-state index in [0.717, 1.165) is 12.2 Å². The number of fused-ring (bicyclic) bond motifs is 1. The zero-order valence-corrected chi connectivity index (χ0v) is 11.5. The van der Waals surface area contributed by atoms with Crippen LogP contribution in [0.15, 0.2) is 60.8 Å². The van der Waals surface area contributed by atoms with Crippen molar-refractivity contribution in [1.29, 1.82) is 0 Å². The number of nitrogens with zero attached hydrogens (tertiary/aromatic N) is 2. The number of aromatic nitrogens is 2. The first kappa shape index (κ1) is 12.8. The van der Waals surface area contributed by atoms with Gasteiger partial charge in [0.1, 0.15) is 0 Å². The molecule has 1 unspecified atom stereocenters. The molecule has 3 rings (SSSR count). The molecule has 1 heterocycles. The first-order valence-corrected chi connectivity index (χ1v) is 6.82. The van der Waals surface area contributed by atoms with Gasteiger partial charge in [-0.2, -0.15) is 10.2 Å². The second-order valence-corrected chi connectivity index (χ2v) is 4.89. The molecule has 0 fully saturated rings. The summed E-state index contributed by atoms with van der Waals surface area (Å²) in [7, 11) is 0. The van der Waals surface area contributed by atoms with Gasteiger partial charge < -0.3 is 5.32 Å². The maximum absolute atomic E-state index is 4.09. The van der Waals surface area contributed by atoms with E-state index in [2.05, 4.69) is 64.9 Å². The zero-order chi connectivity index (χ0) is 13.8. The van der Waals surface area contributed by atoms with E-state index in [-0.39, 0.29) is 6.04 Å². The van der Waals surface area contributed by atoms with E-state index in [1.807, 2.05) is 12.1 Å². The molecule has 1 atom stereocenters. The van der Waals surface area contributed by atoms with Crippen LogP contribution >= 0.6 is 0 Å². The number of nitrogens with one attached hydrogen (secondary N) is 1. The van der Waals surface area contributed by atoms with Gasteiger partial charge in [0, 0.05) is 18.8 Å². The smallest absolute Gasteiger partial charge is 0.0769 e. The second kappa shape index (κ2) is 5.80. The number of benzene rings is 2. The number of rotatable bonds is 4. The van der Waals surface area contributed by atoms with Crippen molar-refractivity contribution in [2.75, 3.05) is 0 Å². The first-order valence-electron chi connectivity index (χ1n) is 6.82. The Bertz CT molecular complexity index is 689. The highest BCUT2D eigenvalue weighted by atomic mass is 15.1. The lowest BCUT2D eigenvalue weighted by Crippen LogP contribution is -2.19. The topological polar surface area (TPSA) is 37.8 Å². The molecule has 1 N–H and O–H groups in total. The van der Waals surface area contributed by atoms with Crippen molar-refractivity contribution in [1.82, 2.24) is 15.5 Å². The van der Waals surface area contributed by atoms with Crippen LogP contribution in [0, 0.1) is 0 Å². The Kier molecular flexibility index (Phi) is 3.70. The maximum Gasteiger partial charge on any atom is 0.0769 e. The molecule has 3 nitrogen and oxygen atoms in total. The standard InChI is InChI=1S/C17H17N3/c1-13(18-12-15-8-5-11-19-20-15)16-10-4-7-14-6-2-3-9-17(14)16/h2-11,13,18H,12H2,1H3. The Balaban J connectivity index is 1.80. The molecule has 3 heteroatoms. The normalized spacial score (nSPS) is 12.4. The molecule has 0 aliphatic rings. The van der Waals surface area contributed by atoms with E-state index >= 15 is 0 Å². The molecule has 0 amide bonds. The van der Waals surface area contributed by atoms with Gasteiger partial charge in [-0.1, -0.05) is 42.5 Å². The van der Waals surface area contributed by atoms with Crippen molar-refractivity contribution in [3.8, 4) is 0 Å². The Morgan fingerprint density at radius 1 is 1.00 bits per heavy atom. The highest BCUT2D eigenvalue weighted by Gasteiger charge is 2.08. The summed E-state index contributed by atoms with van der Waals surface area (Å²) in [6.45, 7) is 2.90. The van der Waals surface area contributed by atoms with E-state index in [0.29, 0.717) is 0 Å². The summed E-state index contributed by atoms with van der Waals surface area (Å²) in [5, 5.41) is 14.1. The van der Waals surface area contributed by atoms with Gasteiger partial charge in [0.25, 0.3) is 0 Å².